The van der Waals surface area contributed by atoms with E-state index in [2.05, 4.69) is 10.00 Å². The quantitative estimate of drug-likeness (QED) is 0.846. The fourth-order valence-electron chi connectivity index (χ4n) is 4.10. The molecule has 3 rings (SSSR count). The fourth-order valence-corrected chi connectivity index (χ4v) is 4.10. The van der Waals surface area contributed by atoms with Crippen LogP contribution in [0, 0.1) is 0 Å². The monoisotopic (exact) mass is 344 g/mol. The van der Waals surface area contributed by atoms with Crippen LogP contribution in [0.2, 0.25) is 0 Å². The molecular formula is C16H23F3N4O. The zero-order valence-electron chi connectivity index (χ0n) is 14.0. The number of rotatable bonds is 3. The van der Waals surface area contributed by atoms with Gasteiger partial charge in [-0.05, 0) is 46.2 Å². The van der Waals surface area contributed by atoms with E-state index in [9.17, 15) is 18.0 Å². The van der Waals surface area contributed by atoms with E-state index < -0.39 is 17.8 Å². The standard InChI is InChI=1S/C16H23F3N4O/c1-3-23-14(16(17,18)19)11(10-20-23)15(24)22-9-5-7-13(22)12-6-4-8-21(12)2/h10,12-13H,3-9H2,1-2H3. The van der Waals surface area contributed by atoms with Crippen LogP contribution in [0.1, 0.15) is 48.7 Å². The summed E-state index contributed by atoms with van der Waals surface area (Å²) in [7, 11) is 2.02. The lowest BCUT2D eigenvalue weighted by Gasteiger charge is -2.33. The normalized spacial score (nSPS) is 25.6. The molecule has 0 N–H and O–H groups in total. The first kappa shape index (κ1) is 17.3. The molecule has 0 spiro atoms. The minimum atomic E-state index is -4.59. The molecule has 8 heteroatoms. The van der Waals surface area contributed by atoms with Gasteiger partial charge in [-0.1, -0.05) is 0 Å². The third kappa shape index (κ3) is 2.92. The van der Waals surface area contributed by atoms with Gasteiger partial charge in [0.25, 0.3) is 5.91 Å². The number of aromatic nitrogens is 2. The van der Waals surface area contributed by atoms with E-state index >= 15 is 0 Å². The average Bonchev–Trinajstić information content (AvgIpc) is 3.23. The van der Waals surface area contributed by atoms with Crippen molar-refractivity contribution < 1.29 is 18.0 Å². The van der Waals surface area contributed by atoms with Crippen molar-refractivity contribution >= 4 is 5.91 Å². The van der Waals surface area contributed by atoms with Gasteiger partial charge in [-0.25, -0.2) is 0 Å². The summed E-state index contributed by atoms with van der Waals surface area (Å²) in [5.74, 6) is -0.537. The molecule has 0 bridgehead atoms. The van der Waals surface area contributed by atoms with Gasteiger partial charge in [0.05, 0.1) is 11.8 Å². The van der Waals surface area contributed by atoms with Gasteiger partial charge in [0.15, 0.2) is 5.69 Å². The highest BCUT2D eigenvalue weighted by atomic mass is 19.4. The van der Waals surface area contributed by atoms with Gasteiger partial charge in [-0.3, -0.25) is 9.48 Å². The maximum atomic E-state index is 13.4. The second-order valence-electron chi connectivity index (χ2n) is 6.62. The van der Waals surface area contributed by atoms with Crippen molar-refractivity contribution in [2.45, 2.75) is 57.4 Å². The van der Waals surface area contributed by atoms with Crippen LogP contribution in [-0.2, 0) is 12.7 Å². The molecule has 24 heavy (non-hydrogen) atoms. The Morgan fingerprint density at radius 1 is 1.25 bits per heavy atom. The van der Waals surface area contributed by atoms with Crippen molar-refractivity contribution in [3.63, 3.8) is 0 Å². The maximum absolute atomic E-state index is 13.4. The zero-order valence-corrected chi connectivity index (χ0v) is 14.0. The van der Waals surface area contributed by atoms with Crippen molar-refractivity contribution in [1.82, 2.24) is 19.6 Å². The molecule has 0 aromatic carbocycles. The van der Waals surface area contributed by atoms with E-state index in [0.29, 0.717) is 6.54 Å². The Morgan fingerprint density at radius 2 is 1.92 bits per heavy atom. The number of carbonyl (C=O) groups excluding carboxylic acids is 1. The number of likely N-dealkylation sites (tertiary alicyclic amines) is 2. The van der Waals surface area contributed by atoms with Crippen LogP contribution in [-0.4, -0.2) is 57.7 Å². The second-order valence-corrected chi connectivity index (χ2v) is 6.62. The molecule has 5 nitrogen and oxygen atoms in total. The van der Waals surface area contributed by atoms with Crippen LogP contribution in [0.5, 0.6) is 0 Å². The number of amides is 1. The molecule has 2 atom stereocenters. The van der Waals surface area contributed by atoms with Crippen LogP contribution in [0.25, 0.3) is 0 Å². The van der Waals surface area contributed by atoms with Gasteiger partial charge >= 0.3 is 6.18 Å². The maximum Gasteiger partial charge on any atom is 0.433 e. The summed E-state index contributed by atoms with van der Waals surface area (Å²) in [6.07, 6.45) is 0.236. The molecular weight excluding hydrogens is 321 g/mol. The number of halogens is 3. The summed E-state index contributed by atoms with van der Waals surface area (Å²) in [6.45, 7) is 3.16. The molecule has 2 aliphatic rings. The van der Waals surface area contributed by atoms with Gasteiger partial charge in [-0.15, -0.1) is 0 Å². The molecule has 2 saturated heterocycles. The summed E-state index contributed by atoms with van der Waals surface area (Å²) in [5.41, 5.74) is -1.25. The van der Waals surface area contributed by atoms with Gasteiger partial charge in [0, 0.05) is 25.2 Å². The van der Waals surface area contributed by atoms with Crippen LogP contribution in [0.4, 0.5) is 13.2 Å². The van der Waals surface area contributed by atoms with Crippen LogP contribution in [0.3, 0.4) is 0 Å². The van der Waals surface area contributed by atoms with Gasteiger partial charge in [0.1, 0.15) is 0 Å². The van der Waals surface area contributed by atoms with E-state index in [1.54, 1.807) is 11.8 Å². The largest absolute Gasteiger partial charge is 0.433 e. The third-order valence-electron chi connectivity index (χ3n) is 5.22. The minimum Gasteiger partial charge on any atom is -0.334 e. The van der Waals surface area contributed by atoms with E-state index in [0.717, 1.165) is 43.1 Å². The lowest BCUT2D eigenvalue weighted by Crippen LogP contribution is -2.47. The summed E-state index contributed by atoms with van der Waals surface area (Å²) >= 11 is 0. The predicted molar refractivity (Wildman–Crippen MR) is 82.6 cm³/mol. The van der Waals surface area contributed by atoms with E-state index in [-0.39, 0.29) is 24.2 Å². The third-order valence-corrected chi connectivity index (χ3v) is 5.22. The van der Waals surface area contributed by atoms with Crippen molar-refractivity contribution in [2.75, 3.05) is 20.1 Å². The van der Waals surface area contributed by atoms with Gasteiger partial charge in [0.2, 0.25) is 0 Å². The molecule has 1 amide bonds. The highest BCUT2D eigenvalue weighted by Crippen LogP contribution is 2.35. The van der Waals surface area contributed by atoms with Gasteiger partial charge < -0.3 is 9.80 Å². The van der Waals surface area contributed by atoms with Gasteiger partial charge in [-0.2, -0.15) is 18.3 Å². The number of alkyl halides is 3. The number of carbonyl (C=O) groups is 1. The fraction of sp³-hybridized carbons (Fsp3) is 0.750. The van der Waals surface area contributed by atoms with Crippen LogP contribution < -0.4 is 0 Å². The summed E-state index contributed by atoms with van der Waals surface area (Å²) in [4.78, 5) is 16.7. The predicted octanol–water partition coefficient (Wildman–Crippen LogP) is 2.62. The number of aryl methyl sites for hydroxylation is 1. The molecule has 0 saturated carbocycles. The highest BCUT2D eigenvalue weighted by Gasteiger charge is 2.44. The van der Waals surface area contributed by atoms with Crippen molar-refractivity contribution in [1.29, 1.82) is 0 Å². The second kappa shape index (κ2) is 6.38. The minimum absolute atomic E-state index is 0.00365. The SMILES string of the molecule is CCn1ncc(C(=O)N2CCCC2C2CCCN2C)c1C(F)(F)F. The lowest BCUT2D eigenvalue weighted by molar-refractivity contribution is -0.144. The molecule has 1 aromatic rings. The van der Waals surface area contributed by atoms with E-state index in [1.807, 2.05) is 7.05 Å². The van der Waals surface area contributed by atoms with Crippen molar-refractivity contribution in [3.8, 4) is 0 Å². The van der Waals surface area contributed by atoms with Crippen molar-refractivity contribution in [2.24, 2.45) is 0 Å². The Labute approximate surface area is 139 Å². The topological polar surface area (TPSA) is 41.4 Å². The molecule has 2 unspecified atom stereocenters. The van der Waals surface area contributed by atoms with Crippen LogP contribution in [0.15, 0.2) is 6.20 Å². The molecule has 0 radical (unpaired) electrons. The Kier molecular flexibility index (Phi) is 4.59. The van der Waals surface area contributed by atoms with E-state index in [1.165, 1.54) is 0 Å². The number of nitrogens with zero attached hydrogens (tertiary/aromatic N) is 4. The number of hydrogen-bond acceptors (Lipinski definition) is 3. The Bertz CT molecular complexity index is 613. The molecule has 0 aliphatic carbocycles. The molecule has 134 valence electrons. The highest BCUT2D eigenvalue weighted by molar-refractivity contribution is 5.95. The molecule has 1 aromatic heterocycles. The first-order chi connectivity index (χ1) is 11.3. The van der Waals surface area contributed by atoms with Crippen molar-refractivity contribution in [3.05, 3.63) is 17.5 Å². The van der Waals surface area contributed by atoms with E-state index in [4.69, 9.17) is 0 Å². The lowest BCUT2D eigenvalue weighted by atomic mass is 10.0. The Hall–Kier alpha value is -1.57. The average molecular weight is 344 g/mol. The smallest absolute Gasteiger partial charge is 0.334 e. The first-order valence-corrected chi connectivity index (χ1v) is 8.48. The Morgan fingerprint density at radius 3 is 2.50 bits per heavy atom. The number of hydrogen-bond donors (Lipinski definition) is 0. The van der Waals surface area contributed by atoms with Crippen LogP contribution >= 0.6 is 0 Å². The first-order valence-electron chi connectivity index (χ1n) is 8.48. The number of likely N-dealkylation sites (N-methyl/N-ethyl adjacent to an activating group) is 1. The summed E-state index contributed by atoms with van der Waals surface area (Å²) in [5, 5.41) is 3.77. The summed E-state index contributed by atoms with van der Waals surface area (Å²) < 4.78 is 41.1. The zero-order chi connectivity index (χ0) is 17.5. The molecule has 2 aliphatic heterocycles. The Balaban J connectivity index is 1.90. The molecule has 2 fully saturated rings. The molecule has 3 heterocycles. The summed E-state index contributed by atoms with van der Waals surface area (Å²) in [6, 6.07) is 0.239.